The van der Waals surface area contributed by atoms with Crippen molar-refractivity contribution in [2.45, 2.75) is 31.8 Å². The molecule has 2 fully saturated rings. The van der Waals surface area contributed by atoms with Crippen molar-refractivity contribution in [1.29, 1.82) is 0 Å². The number of hydrogen-bond donors (Lipinski definition) is 1. The Hall–Kier alpha value is 0.270. The van der Waals surface area contributed by atoms with Crippen LogP contribution in [0, 0.1) is 5.92 Å². The second kappa shape index (κ2) is 5.38. The van der Waals surface area contributed by atoms with Gasteiger partial charge in [-0.1, -0.05) is 0 Å². The SMILES string of the molecule is OC(CN1CCCC1)C1CCSCC1. The highest BCUT2D eigenvalue weighted by Gasteiger charge is 2.24. The van der Waals surface area contributed by atoms with E-state index in [1.807, 2.05) is 11.8 Å². The first kappa shape index (κ1) is 10.8. The third-order valence-electron chi connectivity index (χ3n) is 3.45. The van der Waals surface area contributed by atoms with Crippen LogP contribution in [0.1, 0.15) is 25.7 Å². The molecule has 2 nitrogen and oxygen atoms in total. The third-order valence-corrected chi connectivity index (χ3v) is 4.50. The summed E-state index contributed by atoms with van der Waals surface area (Å²) in [7, 11) is 0. The van der Waals surface area contributed by atoms with Crippen LogP contribution in [0.3, 0.4) is 0 Å². The van der Waals surface area contributed by atoms with Gasteiger partial charge >= 0.3 is 0 Å². The molecule has 1 N–H and O–H groups in total. The molecular formula is C11H21NOS. The summed E-state index contributed by atoms with van der Waals surface area (Å²) in [5.41, 5.74) is 0. The number of hydrogen-bond acceptors (Lipinski definition) is 3. The fourth-order valence-electron chi connectivity index (χ4n) is 2.48. The number of aliphatic hydroxyl groups excluding tert-OH is 1. The van der Waals surface area contributed by atoms with Crippen molar-refractivity contribution in [3.8, 4) is 0 Å². The summed E-state index contributed by atoms with van der Waals surface area (Å²) < 4.78 is 0. The molecule has 0 aromatic carbocycles. The Morgan fingerprint density at radius 2 is 1.86 bits per heavy atom. The van der Waals surface area contributed by atoms with Gasteiger partial charge in [-0.2, -0.15) is 11.8 Å². The quantitative estimate of drug-likeness (QED) is 0.773. The Labute approximate surface area is 91.1 Å². The average molecular weight is 215 g/mol. The maximum absolute atomic E-state index is 10.1. The summed E-state index contributed by atoms with van der Waals surface area (Å²) in [6.07, 6.45) is 5.04. The van der Waals surface area contributed by atoms with Crippen molar-refractivity contribution < 1.29 is 5.11 Å². The van der Waals surface area contributed by atoms with E-state index in [9.17, 15) is 5.11 Å². The van der Waals surface area contributed by atoms with Crippen LogP contribution >= 0.6 is 11.8 Å². The largest absolute Gasteiger partial charge is 0.392 e. The number of thioether (sulfide) groups is 1. The molecule has 2 saturated heterocycles. The molecule has 82 valence electrons. The minimum absolute atomic E-state index is 0.0611. The van der Waals surface area contributed by atoms with Crippen molar-refractivity contribution in [1.82, 2.24) is 4.90 Å². The van der Waals surface area contributed by atoms with Crippen LogP contribution in [0.25, 0.3) is 0 Å². The molecule has 1 atom stereocenters. The maximum atomic E-state index is 10.1. The van der Waals surface area contributed by atoms with Gasteiger partial charge in [0.05, 0.1) is 6.10 Å². The molecule has 14 heavy (non-hydrogen) atoms. The van der Waals surface area contributed by atoms with Crippen LogP contribution in [0.2, 0.25) is 0 Å². The average Bonchev–Trinajstić information content (AvgIpc) is 2.72. The molecule has 0 aliphatic carbocycles. The summed E-state index contributed by atoms with van der Waals surface area (Å²) in [5.74, 6) is 3.08. The normalized spacial score (nSPS) is 28.1. The molecule has 3 heteroatoms. The second-order valence-corrected chi connectivity index (χ2v) is 5.75. The lowest BCUT2D eigenvalue weighted by Crippen LogP contribution is -2.36. The van der Waals surface area contributed by atoms with E-state index in [1.165, 1.54) is 50.3 Å². The van der Waals surface area contributed by atoms with Crippen LogP contribution in [0.4, 0.5) is 0 Å². The van der Waals surface area contributed by atoms with Crippen molar-refractivity contribution in [3.63, 3.8) is 0 Å². The summed E-state index contributed by atoms with van der Waals surface area (Å²) in [6.45, 7) is 3.34. The first-order valence-corrected chi connectivity index (χ1v) is 7.00. The molecule has 1 unspecified atom stereocenters. The summed E-state index contributed by atoms with van der Waals surface area (Å²) in [4.78, 5) is 2.42. The van der Waals surface area contributed by atoms with Gasteiger partial charge in [0.15, 0.2) is 0 Å². The van der Waals surface area contributed by atoms with Gasteiger partial charge in [-0.25, -0.2) is 0 Å². The van der Waals surface area contributed by atoms with E-state index >= 15 is 0 Å². The monoisotopic (exact) mass is 215 g/mol. The Kier molecular flexibility index (Phi) is 4.14. The van der Waals surface area contributed by atoms with Gasteiger partial charge in [0.2, 0.25) is 0 Å². The molecular weight excluding hydrogens is 194 g/mol. The lowest BCUT2D eigenvalue weighted by molar-refractivity contribution is 0.0677. The minimum atomic E-state index is -0.0611. The van der Waals surface area contributed by atoms with Gasteiger partial charge in [0, 0.05) is 6.54 Å². The summed E-state index contributed by atoms with van der Waals surface area (Å²) >= 11 is 2.03. The van der Waals surface area contributed by atoms with Crippen molar-refractivity contribution in [3.05, 3.63) is 0 Å². The lowest BCUT2D eigenvalue weighted by Gasteiger charge is -2.29. The molecule has 2 heterocycles. The van der Waals surface area contributed by atoms with Gasteiger partial charge in [0.25, 0.3) is 0 Å². The van der Waals surface area contributed by atoms with Crippen LogP contribution in [0.5, 0.6) is 0 Å². The van der Waals surface area contributed by atoms with E-state index in [1.54, 1.807) is 0 Å². The molecule has 2 rings (SSSR count). The first-order valence-electron chi connectivity index (χ1n) is 5.84. The van der Waals surface area contributed by atoms with Crippen LogP contribution < -0.4 is 0 Å². The van der Waals surface area contributed by atoms with E-state index in [4.69, 9.17) is 0 Å². The predicted molar refractivity (Wildman–Crippen MR) is 61.7 cm³/mol. The highest BCUT2D eigenvalue weighted by molar-refractivity contribution is 7.99. The van der Waals surface area contributed by atoms with Crippen LogP contribution in [-0.4, -0.2) is 47.3 Å². The molecule has 0 aromatic heterocycles. The van der Waals surface area contributed by atoms with E-state index < -0.39 is 0 Å². The Bertz CT molecular complexity index is 165. The standard InChI is InChI=1S/C11H21NOS/c13-11(9-12-5-1-2-6-12)10-3-7-14-8-4-10/h10-11,13H,1-9H2. The molecule has 0 bridgehead atoms. The Morgan fingerprint density at radius 1 is 1.21 bits per heavy atom. The number of β-amino-alcohol motifs (C(OH)–C–C–N with tert-alkyl or cyclic N) is 1. The molecule has 2 aliphatic heterocycles. The highest BCUT2D eigenvalue weighted by atomic mass is 32.2. The van der Waals surface area contributed by atoms with Gasteiger partial charge in [-0.05, 0) is 56.2 Å². The summed E-state index contributed by atoms with van der Waals surface area (Å²) in [6, 6.07) is 0. The fraction of sp³-hybridized carbons (Fsp3) is 1.00. The van der Waals surface area contributed by atoms with Gasteiger partial charge in [0.1, 0.15) is 0 Å². The molecule has 0 amide bonds. The van der Waals surface area contributed by atoms with Crippen molar-refractivity contribution in [2.24, 2.45) is 5.92 Å². The van der Waals surface area contributed by atoms with E-state index in [0.717, 1.165) is 6.54 Å². The van der Waals surface area contributed by atoms with Crippen molar-refractivity contribution >= 4 is 11.8 Å². The zero-order chi connectivity index (χ0) is 9.80. The second-order valence-electron chi connectivity index (χ2n) is 4.52. The maximum Gasteiger partial charge on any atom is 0.0695 e. The van der Waals surface area contributed by atoms with Gasteiger partial charge < -0.3 is 10.0 Å². The topological polar surface area (TPSA) is 23.5 Å². The van der Waals surface area contributed by atoms with E-state index in [-0.39, 0.29) is 6.10 Å². The van der Waals surface area contributed by atoms with Crippen LogP contribution in [-0.2, 0) is 0 Å². The zero-order valence-corrected chi connectivity index (χ0v) is 9.64. The molecule has 0 aromatic rings. The van der Waals surface area contributed by atoms with Gasteiger partial charge in [-0.3, -0.25) is 0 Å². The number of aliphatic hydroxyl groups is 1. The first-order chi connectivity index (χ1) is 6.86. The molecule has 2 aliphatic rings. The fourth-order valence-corrected chi connectivity index (χ4v) is 3.62. The number of rotatable bonds is 3. The minimum Gasteiger partial charge on any atom is -0.392 e. The van der Waals surface area contributed by atoms with E-state index in [2.05, 4.69) is 4.90 Å². The molecule has 0 spiro atoms. The molecule has 0 saturated carbocycles. The smallest absolute Gasteiger partial charge is 0.0695 e. The predicted octanol–water partition coefficient (Wildman–Crippen LogP) is 1.59. The van der Waals surface area contributed by atoms with Crippen LogP contribution in [0.15, 0.2) is 0 Å². The summed E-state index contributed by atoms with van der Waals surface area (Å²) in [5, 5.41) is 10.1. The number of likely N-dealkylation sites (tertiary alicyclic amines) is 1. The Balaban J connectivity index is 1.72. The molecule has 0 radical (unpaired) electrons. The number of nitrogens with zero attached hydrogens (tertiary/aromatic N) is 1. The van der Waals surface area contributed by atoms with Crippen molar-refractivity contribution in [2.75, 3.05) is 31.1 Å². The third kappa shape index (κ3) is 2.88. The van der Waals surface area contributed by atoms with E-state index in [0.29, 0.717) is 5.92 Å². The highest BCUT2D eigenvalue weighted by Crippen LogP contribution is 2.26. The lowest BCUT2D eigenvalue weighted by atomic mass is 9.96. The van der Waals surface area contributed by atoms with Gasteiger partial charge in [-0.15, -0.1) is 0 Å². The Morgan fingerprint density at radius 3 is 2.50 bits per heavy atom. The zero-order valence-electron chi connectivity index (χ0n) is 8.82.